The Labute approximate surface area is 127 Å². The Morgan fingerprint density at radius 1 is 1.29 bits per heavy atom. The molecule has 1 saturated carbocycles. The summed E-state index contributed by atoms with van der Waals surface area (Å²) in [7, 11) is 0. The maximum atomic E-state index is 10.7. The van der Waals surface area contributed by atoms with Crippen LogP contribution in [0.25, 0.3) is 0 Å². The molecule has 0 radical (unpaired) electrons. The first-order valence-corrected chi connectivity index (χ1v) is 7.97. The molecule has 1 atom stereocenters. The third-order valence-electron chi connectivity index (χ3n) is 4.83. The van der Waals surface area contributed by atoms with Crippen molar-refractivity contribution in [1.29, 1.82) is 5.26 Å². The second kappa shape index (κ2) is 6.95. The summed E-state index contributed by atoms with van der Waals surface area (Å²) in [5.41, 5.74) is 0.189. The highest BCUT2D eigenvalue weighted by Gasteiger charge is 2.42. The zero-order chi connectivity index (χ0) is 15.3. The highest BCUT2D eigenvalue weighted by molar-refractivity contribution is 5.31. The van der Waals surface area contributed by atoms with Crippen LogP contribution in [-0.2, 0) is 0 Å². The van der Waals surface area contributed by atoms with Gasteiger partial charge in [0.05, 0.1) is 24.2 Å². The molecule has 0 aliphatic heterocycles. The normalized spacial score (nSPS) is 26.9. The molecule has 1 unspecified atom stereocenters. The van der Waals surface area contributed by atoms with Crippen LogP contribution in [0.1, 0.15) is 57.6 Å². The molecule has 114 valence electrons. The van der Waals surface area contributed by atoms with Crippen LogP contribution in [0.15, 0.2) is 24.3 Å². The van der Waals surface area contributed by atoms with Gasteiger partial charge in [-0.2, -0.15) is 5.26 Å². The third kappa shape index (κ3) is 3.39. The topological polar surface area (TPSA) is 53.2 Å². The molecule has 0 spiro atoms. The van der Waals surface area contributed by atoms with E-state index in [4.69, 9.17) is 4.74 Å². The van der Waals surface area contributed by atoms with Crippen LogP contribution in [0.4, 0.5) is 0 Å². The summed E-state index contributed by atoms with van der Waals surface area (Å²) >= 11 is 0. The van der Waals surface area contributed by atoms with Crippen molar-refractivity contribution in [3.05, 3.63) is 29.8 Å². The fourth-order valence-electron chi connectivity index (χ4n) is 3.28. The summed E-state index contributed by atoms with van der Waals surface area (Å²) in [5, 5.41) is 20.3. The Bertz CT molecular complexity index is 481. The van der Waals surface area contributed by atoms with Gasteiger partial charge in [-0.05, 0) is 56.2 Å². The predicted octanol–water partition coefficient (Wildman–Crippen LogP) is 4.23. The van der Waals surface area contributed by atoms with Gasteiger partial charge in [0.25, 0.3) is 0 Å². The van der Waals surface area contributed by atoms with Crippen molar-refractivity contribution < 1.29 is 9.84 Å². The molecule has 0 bridgehead atoms. The molecular formula is C18H25NO2. The predicted molar refractivity (Wildman–Crippen MR) is 82.9 cm³/mol. The third-order valence-corrected chi connectivity index (χ3v) is 4.83. The molecule has 3 heteroatoms. The second-order valence-corrected chi connectivity index (χ2v) is 6.02. The lowest BCUT2D eigenvalue weighted by Gasteiger charge is -2.38. The smallest absolute Gasteiger partial charge is 0.119 e. The van der Waals surface area contributed by atoms with E-state index in [9.17, 15) is 10.4 Å². The van der Waals surface area contributed by atoms with Gasteiger partial charge in [-0.3, -0.25) is 0 Å². The number of hydrogen-bond acceptors (Lipinski definition) is 3. The highest BCUT2D eigenvalue weighted by Crippen LogP contribution is 2.47. The number of benzene rings is 1. The van der Waals surface area contributed by atoms with Crippen molar-refractivity contribution in [1.82, 2.24) is 0 Å². The van der Waals surface area contributed by atoms with Crippen LogP contribution in [-0.4, -0.2) is 11.7 Å². The van der Waals surface area contributed by atoms with E-state index in [1.807, 2.05) is 31.2 Å². The van der Waals surface area contributed by atoms with E-state index in [0.717, 1.165) is 37.0 Å². The van der Waals surface area contributed by atoms with Gasteiger partial charge in [-0.25, -0.2) is 0 Å². The SMILES string of the molecule is CCOc1ccc(C(O)C2(C#N)CCC(CC)CC2)cc1. The fourth-order valence-corrected chi connectivity index (χ4v) is 3.28. The number of rotatable bonds is 5. The standard InChI is InChI=1S/C18H25NO2/c1-3-14-9-11-18(13-19,12-10-14)17(20)15-5-7-16(8-6-15)21-4-2/h5-8,14,17,20H,3-4,9-12H2,1-2H3. The van der Waals surface area contributed by atoms with Gasteiger partial charge < -0.3 is 9.84 Å². The van der Waals surface area contributed by atoms with E-state index in [1.54, 1.807) is 0 Å². The average Bonchev–Trinajstić information content (AvgIpc) is 2.55. The van der Waals surface area contributed by atoms with E-state index in [-0.39, 0.29) is 0 Å². The molecule has 1 aromatic carbocycles. The first kappa shape index (κ1) is 15.9. The number of ether oxygens (including phenoxy) is 1. The van der Waals surface area contributed by atoms with Crippen molar-refractivity contribution >= 4 is 0 Å². The Morgan fingerprint density at radius 2 is 1.90 bits per heavy atom. The maximum absolute atomic E-state index is 10.7. The first-order valence-electron chi connectivity index (χ1n) is 7.97. The molecule has 1 aliphatic carbocycles. The minimum Gasteiger partial charge on any atom is -0.494 e. The highest BCUT2D eigenvalue weighted by atomic mass is 16.5. The minimum absolute atomic E-state index is 0.626. The van der Waals surface area contributed by atoms with Gasteiger partial charge in [-0.15, -0.1) is 0 Å². The molecule has 21 heavy (non-hydrogen) atoms. The van der Waals surface area contributed by atoms with Crippen molar-refractivity contribution in [2.45, 2.75) is 52.1 Å². The zero-order valence-electron chi connectivity index (χ0n) is 13.0. The first-order chi connectivity index (χ1) is 10.1. The van der Waals surface area contributed by atoms with Crippen molar-refractivity contribution in [2.75, 3.05) is 6.61 Å². The molecule has 0 aromatic heterocycles. The van der Waals surface area contributed by atoms with Crippen LogP contribution in [0.2, 0.25) is 0 Å². The van der Waals surface area contributed by atoms with E-state index in [2.05, 4.69) is 13.0 Å². The minimum atomic E-state index is -0.712. The van der Waals surface area contributed by atoms with E-state index in [0.29, 0.717) is 12.5 Å². The Balaban J connectivity index is 2.13. The molecule has 3 nitrogen and oxygen atoms in total. The fraction of sp³-hybridized carbons (Fsp3) is 0.611. The van der Waals surface area contributed by atoms with Crippen molar-refractivity contribution in [2.24, 2.45) is 11.3 Å². The zero-order valence-corrected chi connectivity index (χ0v) is 13.0. The van der Waals surface area contributed by atoms with Crippen LogP contribution in [0, 0.1) is 22.7 Å². The largest absolute Gasteiger partial charge is 0.494 e. The van der Waals surface area contributed by atoms with Crippen molar-refractivity contribution in [3.8, 4) is 11.8 Å². The Kier molecular flexibility index (Phi) is 5.25. The molecule has 1 N–H and O–H groups in total. The lowest BCUT2D eigenvalue weighted by Crippen LogP contribution is -2.32. The molecular weight excluding hydrogens is 262 g/mol. The van der Waals surface area contributed by atoms with Gasteiger partial charge in [-0.1, -0.05) is 25.5 Å². The van der Waals surface area contributed by atoms with Gasteiger partial charge in [0.2, 0.25) is 0 Å². The Hall–Kier alpha value is -1.53. The molecule has 1 aromatic rings. The second-order valence-electron chi connectivity index (χ2n) is 6.02. The number of nitrogens with zero attached hydrogens (tertiary/aromatic N) is 1. The molecule has 1 fully saturated rings. The molecule has 0 heterocycles. The lowest BCUT2D eigenvalue weighted by atomic mass is 9.66. The number of hydrogen-bond donors (Lipinski definition) is 1. The monoisotopic (exact) mass is 287 g/mol. The summed E-state index contributed by atoms with van der Waals surface area (Å²) in [5.74, 6) is 1.51. The van der Waals surface area contributed by atoms with Crippen LogP contribution < -0.4 is 4.74 Å². The van der Waals surface area contributed by atoms with Gasteiger partial charge >= 0.3 is 0 Å². The van der Waals surface area contributed by atoms with E-state index in [1.165, 1.54) is 6.42 Å². The summed E-state index contributed by atoms with van der Waals surface area (Å²) in [6.45, 7) is 4.77. The lowest BCUT2D eigenvalue weighted by molar-refractivity contribution is 0.0242. The van der Waals surface area contributed by atoms with E-state index < -0.39 is 11.5 Å². The molecule has 0 saturated heterocycles. The van der Waals surface area contributed by atoms with Crippen LogP contribution in [0.5, 0.6) is 5.75 Å². The average molecular weight is 287 g/mol. The number of nitriles is 1. The molecule has 0 amide bonds. The number of aliphatic hydroxyl groups is 1. The van der Waals surface area contributed by atoms with Gasteiger partial charge in [0, 0.05) is 0 Å². The van der Waals surface area contributed by atoms with E-state index >= 15 is 0 Å². The maximum Gasteiger partial charge on any atom is 0.119 e. The summed E-state index contributed by atoms with van der Waals surface area (Å²) in [6, 6.07) is 9.90. The van der Waals surface area contributed by atoms with Crippen LogP contribution in [0.3, 0.4) is 0 Å². The Morgan fingerprint density at radius 3 is 2.38 bits per heavy atom. The number of aliphatic hydroxyl groups excluding tert-OH is 1. The summed E-state index contributed by atoms with van der Waals surface area (Å²) in [4.78, 5) is 0. The van der Waals surface area contributed by atoms with Crippen LogP contribution >= 0.6 is 0 Å². The quantitative estimate of drug-likeness (QED) is 0.881. The molecule has 2 rings (SSSR count). The summed E-state index contributed by atoms with van der Waals surface area (Å²) < 4.78 is 5.42. The van der Waals surface area contributed by atoms with Gasteiger partial charge in [0.15, 0.2) is 0 Å². The van der Waals surface area contributed by atoms with Gasteiger partial charge in [0.1, 0.15) is 5.75 Å². The molecule has 1 aliphatic rings. The van der Waals surface area contributed by atoms with Crippen molar-refractivity contribution in [3.63, 3.8) is 0 Å². The summed E-state index contributed by atoms with van der Waals surface area (Å²) in [6.07, 6.45) is 4.11.